The molecule has 0 saturated carbocycles. The SMILES string of the molecule is Cn1[nH]cc(B2OC(C)(C)C(C)(C)O2)c1=O. The molecular weight excluding hydrogens is 207 g/mol. The molecule has 1 N–H and O–H groups in total. The zero-order valence-corrected chi connectivity index (χ0v) is 10.3. The average molecular weight is 224 g/mol. The van der Waals surface area contributed by atoms with Gasteiger partial charge in [-0.3, -0.25) is 9.48 Å². The van der Waals surface area contributed by atoms with E-state index in [1.807, 2.05) is 27.7 Å². The summed E-state index contributed by atoms with van der Waals surface area (Å²) in [5.41, 5.74) is -0.431. The number of nitrogens with one attached hydrogen (secondary N) is 1. The second kappa shape index (κ2) is 3.24. The minimum atomic E-state index is -0.588. The normalized spacial score (nSPS) is 22.7. The largest absolute Gasteiger partial charge is 0.502 e. The number of rotatable bonds is 1. The molecular formula is C10H17BN2O3. The predicted octanol–water partition coefficient (Wildman–Crippen LogP) is 0.0126. The van der Waals surface area contributed by atoms with E-state index in [1.54, 1.807) is 13.2 Å². The Bertz CT molecular complexity index is 445. The third-order valence-electron chi connectivity index (χ3n) is 3.47. The molecule has 1 aromatic rings. The van der Waals surface area contributed by atoms with Crippen molar-refractivity contribution >= 4 is 12.6 Å². The van der Waals surface area contributed by atoms with Crippen LogP contribution in [0.15, 0.2) is 11.0 Å². The Morgan fingerprint density at radius 1 is 1.25 bits per heavy atom. The average Bonchev–Trinajstić information content (AvgIpc) is 2.54. The fourth-order valence-electron chi connectivity index (χ4n) is 1.62. The van der Waals surface area contributed by atoms with Gasteiger partial charge in [0.15, 0.2) is 0 Å². The van der Waals surface area contributed by atoms with E-state index < -0.39 is 18.3 Å². The molecule has 1 saturated heterocycles. The highest BCUT2D eigenvalue weighted by molar-refractivity contribution is 6.61. The lowest BCUT2D eigenvalue weighted by Crippen LogP contribution is -2.43. The van der Waals surface area contributed by atoms with Crippen LogP contribution in [-0.2, 0) is 16.4 Å². The highest BCUT2D eigenvalue weighted by atomic mass is 16.7. The standard InChI is InChI=1S/C10H17BN2O3/c1-9(2)10(3,4)16-11(15-9)7-6-12-13(5)8(7)14/h6,12H,1-5H3. The van der Waals surface area contributed by atoms with Crippen molar-refractivity contribution in [1.82, 2.24) is 9.78 Å². The van der Waals surface area contributed by atoms with Gasteiger partial charge in [0.05, 0.1) is 16.7 Å². The van der Waals surface area contributed by atoms with Crippen molar-refractivity contribution in [3.05, 3.63) is 16.6 Å². The number of aryl methyl sites for hydroxylation is 1. The number of aromatic amines is 1. The number of H-pyrrole nitrogens is 1. The Balaban J connectivity index is 2.34. The summed E-state index contributed by atoms with van der Waals surface area (Å²) in [7, 11) is 1.08. The summed E-state index contributed by atoms with van der Waals surface area (Å²) in [5.74, 6) is 0. The lowest BCUT2D eigenvalue weighted by molar-refractivity contribution is 0.00578. The van der Waals surface area contributed by atoms with Gasteiger partial charge in [-0.05, 0) is 27.7 Å². The van der Waals surface area contributed by atoms with Gasteiger partial charge >= 0.3 is 7.12 Å². The van der Waals surface area contributed by atoms with Crippen LogP contribution in [0, 0.1) is 0 Å². The molecule has 6 heteroatoms. The van der Waals surface area contributed by atoms with Crippen molar-refractivity contribution < 1.29 is 9.31 Å². The van der Waals surface area contributed by atoms with Crippen LogP contribution in [0.25, 0.3) is 0 Å². The molecule has 88 valence electrons. The van der Waals surface area contributed by atoms with Gasteiger partial charge in [0, 0.05) is 13.2 Å². The minimum absolute atomic E-state index is 0.112. The van der Waals surface area contributed by atoms with Crippen molar-refractivity contribution in [2.45, 2.75) is 38.9 Å². The molecule has 16 heavy (non-hydrogen) atoms. The van der Waals surface area contributed by atoms with E-state index in [-0.39, 0.29) is 5.56 Å². The smallest absolute Gasteiger partial charge is 0.399 e. The Morgan fingerprint density at radius 2 is 1.75 bits per heavy atom. The zero-order chi connectivity index (χ0) is 12.1. The quantitative estimate of drug-likeness (QED) is 0.684. The zero-order valence-electron chi connectivity index (χ0n) is 10.3. The molecule has 0 bridgehead atoms. The van der Waals surface area contributed by atoms with Crippen molar-refractivity contribution in [3.63, 3.8) is 0 Å². The molecule has 1 aromatic heterocycles. The fraction of sp³-hybridized carbons (Fsp3) is 0.700. The van der Waals surface area contributed by atoms with Crippen LogP contribution >= 0.6 is 0 Å². The summed E-state index contributed by atoms with van der Waals surface area (Å²) in [4.78, 5) is 11.7. The van der Waals surface area contributed by atoms with E-state index in [9.17, 15) is 4.79 Å². The Kier molecular flexibility index (Phi) is 2.33. The molecule has 2 rings (SSSR count). The maximum Gasteiger partial charge on any atom is 0.502 e. The summed E-state index contributed by atoms with van der Waals surface area (Å²) in [6.07, 6.45) is 1.63. The first-order valence-corrected chi connectivity index (χ1v) is 5.34. The maximum atomic E-state index is 11.7. The van der Waals surface area contributed by atoms with Crippen LogP contribution in [-0.4, -0.2) is 28.1 Å². The van der Waals surface area contributed by atoms with Crippen LogP contribution in [0.2, 0.25) is 0 Å². The van der Waals surface area contributed by atoms with Gasteiger partial charge in [0.1, 0.15) is 0 Å². The predicted molar refractivity (Wildman–Crippen MR) is 61.7 cm³/mol. The summed E-state index contributed by atoms with van der Waals surface area (Å²) in [6.45, 7) is 7.85. The summed E-state index contributed by atoms with van der Waals surface area (Å²) in [6, 6.07) is 0. The summed E-state index contributed by atoms with van der Waals surface area (Å²) >= 11 is 0. The molecule has 0 radical (unpaired) electrons. The molecule has 2 heterocycles. The van der Waals surface area contributed by atoms with Crippen LogP contribution < -0.4 is 11.0 Å². The number of nitrogens with zero attached hydrogens (tertiary/aromatic N) is 1. The lowest BCUT2D eigenvalue weighted by Gasteiger charge is -2.32. The van der Waals surface area contributed by atoms with Crippen LogP contribution in [0.1, 0.15) is 27.7 Å². The fourth-order valence-corrected chi connectivity index (χ4v) is 1.62. The molecule has 0 aromatic carbocycles. The number of aromatic nitrogens is 2. The van der Waals surface area contributed by atoms with Gasteiger partial charge in [0.25, 0.3) is 5.56 Å². The summed E-state index contributed by atoms with van der Waals surface area (Å²) in [5, 5.41) is 2.81. The first-order valence-electron chi connectivity index (χ1n) is 5.34. The Morgan fingerprint density at radius 3 is 2.12 bits per heavy atom. The first-order chi connectivity index (χ1) is 7.24. The first kappa shape index (κ1) is 11.5. The molecule has 0 unspecified atom stereocenters. The molecule has 0 spiro atoms. The van der Waals surface area contributed by atoms with Crippen molar-refractivity contribution in [2.24, 2.45) is 7.05 Å². The Labute approximate surface area is 94.9 Å². The minimum Gasteiger partial charge on any atom is -0.399 e. The van der Waals surface area contributed by atoms with Gasteiger partial charge < -0.3 is 14.4 Å². The van der Waals surface area contributed by atoms with E-state index in [0.717, 1.165) is 0 Å². The highest BCUT2D eigenvalue weighted by Gasteiger charge is 2.52. The second-order valence-electron chi connectivity index (χ2n) is 5.18. The van der Waals surface area contributed by atoms with Gasteiger partial charge in [-0.2, -0.15) is 0 Å². The number of hydrogen-bond acceptors (Lipinski definition) is 3. The van der Waals surface area contributed by atoms with Crippen LogP contribution in [0.4, 0.5) is 0 Å². The Hall–Kier alpha value is -1.01. The molecule has 1 fully saturated rings. The van der Waals surface area contributed by atoms with Gasteiger partial charge in [-0.1, -0.05) is 0 Å². The maximum absolute atomic E-state index is 11.7. The second-order valence-corrected chi connectivity index (χ2v) is 5.18. The van der Waals surface area contributed by atoms with E-state index in [2.05, 4.69) is 5.10 Å². The summed E-state index contributed by atoms with van der Waals surface area (Å²) < 4.78 is 13.0. The van der Waals surface area contributed by atoms with E-state index in [1.165, 1.54) is 4.68 Å². The lowest BCUT2D eigenvalue weighted by atomic mass is 9.81. The molecule has 0 amide bonds. The highest BCUT2D eigenvalue weighted by Crippen LogP contribution is 2.36. The molecule has 0 aliphatic carbocycles. The monoisotopic (exact) mass is 224 g/mol. The van der Waals surface area contributed by atoms with Gasteiger partial charge in [-0.25, -0.2) is 0 Å². The third kappa shape index (κ3) is 1.53. The molecule has 1 aliphatic heterocycles. The van der Waals surface area contributed by atoms with E-state index >= 15 is 0 Å². The molecule has 5 nitrogen and oxygen atoms in total. The van der Waals surface area contributed by atoms with Crippen molar-refractivity contribution in [2.75, 3.05) is 0 Å². The number of hydrogen-bond donors (Lipinski definition) is 1. The van der Waals surface area contributed by atoms with Crippen molar-refractivity contribution in [3.8, 4) is 0 Å². The van der Waals surface area contributed by atoms with Gasteiger partial charge in [-0.15, -0.1) is 0 Å². The topological polar surface area (TPSA) is 56.2 Å². The van der Waals surface area contributed by atoms with Crippen molar-refractivity contribution in [1.29, 1.82) is 0 Å². The molecule has 1 aliphatic rings. The third-order valence-corrected chi connectivity index (χ3v) is 3.47. The van der Waals surface area contributed by atoms with Gasteiger partial charge in [0.2, 0.25) is 0 Å². The van der Waals surface area contributed by atoms with Crippen LogP contribution in [0.3, 0.4) is 0 Å². The molecule has 0 atom stereocenters. The van der Waals surface area contributed by atoms with E-state index in [4.69, 9.17) is 9.31 Å². The van der Waals surface area contributed by atoms with E-state index in [0.29, 0.717) is 5.46 Å². The van der Waals surface area contributed by atoms with Crippen LogP contribution in [0.5, 0.6) is 0 Å².